The van der Waals surface area contributed by atoms with E-state index < -0.39 is 0 Å². The number of aromatic nitrogens is 1. The van der Waals surface area contributed by atoms with Crippen molar-refractivity contribution in [2.45, 2.75) is 52.5 Å². The first kappa shape index (κ1) is 20.2. The quantitative estimate of drug-likeness (QED) is 0.560. The average Bonchev–Trinajstić information content (AvgIpc) is 2.94. The number of nitriles is 1. The second-order valence-electron chi connectivity index (χ2n) is 7.65. The van der Waals surface area contributed by atoms with Gasteiger partial charge in [0.25, 0.3) is 5.91 Å². The predicted octanol–water partition coefficient (Wildman–Crippen LogP) is 5.35. The van der Waals surface area contributed by atoms with E-state index in [1.54, 1.807) is 6.08 Å². The van der Waals surface area contributed by atoms with Crippen molar-refractivity contribution in [2.75, 3.05) is 0 Å². The number of amides is 1. The first-order valence-corrected chi connectivity index (χ1v) is 10.2. The summed E-state index contributed by atoms with van der Waals surface area (Å²) in [4.78, 5) is 12.7. The Hall–Kier alpha value is -2.51. The molecule has 0 saturated heterocycles. The van der Waals surface area contributed by atoms with Gasteiger partial charge in [0.05, 0.1) is 0 Å². The molecule has 28 heavy (non-hydrogen) atoms. The highest BCUT2D eigenvalue weighted by Gasteiger charge is 2.24. The number of carbonyl (C=O) groups is 1. The highest BCUT2D eigenvalue weighted by Crippen LogP contribution is 2.26. The number of hydrogen-bond donors (Lipinski definition) is 1. The van der Waals surface area contributed by atoms with Gasteiger partial charge >= 0.3 is 0 Å². The van der Waals surface area contributed by atoms with E-state index in [1.165, 1.54) is 6.42 Å². The van der Waals surface area contributed by atoms with Gasteiger partial charge in [0.2, 0.25) is 0 Å². The molecular formula is C23H26ClN3O. The SMILES string of the molecule is Cc1cc(/C=C(\C#N)C(=O)N[C@@H]2CCCC[C@@H]2C)c(C)n1-c1cccc(Cl)c1. The van der Waals surface area contributed by atoms with Crippen LogP contribution in [0.3, 0.4) is 0 Å². The zero-order valence-electron chi connectivity index (χ0n) is 16.6. The third kappa shape index (κ3) is 4.31. The molecule has 3 rings (SSSR count). The van der Waals surface area contributed by atoms with E-state index in [9.17, 15) is 10.1 Å². The maximum atomic E-state index is 12.7. The summed E-state index contributed by atoms with van der Waals surface area (Å²) in [5.41, 5.74) is 3.95. The number of halogens is 1. The lowest BCUT2D eigenvalue weighted by molar-refractivity contribution is -0.118. The van der Waals surface area contributed by atoms with Crippen molar-refractivity contribution in [1.82, 2.24) is 9.88 Å². The van der Waals surface area contributed by atoms with Gasteiger partial charge in [-0.25, -0.2) is 0 Å². The summed E-state index contributed by atoms with van der Waals surface area (Å²) in [6, 6.07) is 11.9. The Labute approximate surface area is 171 Å². The lowest BCUT2D eigenvalue weighted by atomic mass is 9.86. The fourth-order valence-electron chi connectivity index (χ4n) is 4.03. The number of hydrogen-bond acceptors (Lipinski definition) is 2. The molecule has 146 valence electrons. The standard InChI is InChI=1S/C23H26ClN3O/c1-15-7-4-5-10-22(15)26-23(28)19(14-25)12-18-11-16(2)27(17(18)3)21-9-6-8-20(24)13-21/h6,8-9,11-13,15,22H,4-5,7,10H2,1-3H3,(H,26,28)/b19-12+/t15-,22+/m0/s1. The molecule has 2 aromatic rings. The van der Waals surface area contributed by atoms with Crippen molar-refractivity contribution in [3.63, 3.8) is 0 Å². The Bertz CT molecular complexity index is 951. The second kappa shape index (κ2) is 8.67. The molecule has 0 unspecified atom stereocenters. The number of benzene rings is 1. The van der Waals surface area contributed by atoms with Crippen molar-refractivity contribution >= 4 is 23.6 Å². The molecule has 0 spiro atoms. The van der Waals surface area contributed by atoms with Crippen molar-refractivity contribution in [2.24, 2.45) is 5.92 Å². The van der Waals surface area contributed by atoms with Gasteiger partial charge < -0.3 is 9.88 Å². The van der Waals surface area contributed by atoms with Crippen molar-refractivity contribution in [3.8, 4) is 11.8 Å². The number of nitrogens with zero attached hydrogens (tertiary/aromatic N) is 2. The molecule has 5 heteroatoms. The van der Waals surface area contributed by atoms with Crippen molar-refractivity contribution < 1.29 is 4.79 Å². The summed E-state index contributed by atoms with van der Waals surface area (Å²) in [5.74, 6) is 0.166. The highest BCUT2D eigenvalue weighted by atomic mass is 35.5. The van der Waals surface area contributed by atoms with Crippen LogP contribution in [0, 0.1) is 31.1 Å². The van der Waals surface area contributed by atoms with Gasteiger partial charge in [-0.3, -0.25) is 4.79 Å². The summed E-state index contributed by atoms with van der Waals surface area (Å²) in [6.07, 6.45) is 6.13. The summed E-state index contributed by atoms with van der Waals surface area (Å²) in [5, 5.41) is 13.3. The van der Waals surface area contributed by atoms with E-state index in [-0.39, 0.29) is 17.5 Å². The van der Waals surface area contributed by atoms with E-state index >= 15 is 0 Å². The predicted molar refractivity (Wildman–Crippen MR) is 113 cm³/mol. The largest absolute Gasteiger partial charge is 0.348 e. The Morgan fingerprint density at radius 2 is 2.04 bits per heavy atom. The van der Waals surface area contributed by atoms with Gasteiger partial charge in [-0.05, 0) is 68.5 Å². The monoisotopic (exact) mass is 395 g/mol. The Balaban J connectivity index is 1.88. The summed E-state index contributed by atoms with van der Waals surface area (Å²) < 4.78 is 2.08. The first-order chi connectivity index (χ1) is 13.4. The maximum absolute atomic E-state index is 12.7. The first-order valence-electron chi connectivity index (χ1n) is 9.78. The summed E-state index contributed by atoms with van der Waals surface area (Å²) >= 11 is 6.14. The van der Waals surface area contributed by atoms with Crippen LogP contribution in [-0.2, 0) is 4.79 Å². The van der Waals surface area contributed by atoms with E-state index in [2.05, 4.69) is 22.9 Å². The second-order valence-corrected chi connectivity index (χ2v) is 8.09. The van der Waals surface area contributed by atoms with Crippen LogP contribution in [0.25, 0.3) is 11.8 Å². The minimum Gasteiger partial charge on any atom is -0.348 e. The molecule has 0 radical (unpaired) electrons. The summed E-state index contributed by atoms with van der Waals surface area (Å²) in [7, 11) is 0. The molecule has 1 amide bonds. The van der Waals surface area contributed by atoms with E-state index in [0.29, 0.717) is 10.9 Å². The van der Waals surface area contributed by atoms with Gasteiger partial charge in [-0.15, -0.1) is 0 Å². The van der Waals surface area contributed by atoms with Gasteiger partial charge in [0, 0.05) is 28.1 Å². The van der Waals surface area contributed by atoms with Crippen LogP contribution in [0.5, 0.6) is 0 Å². The Morgan fingerprint density at radius 1 is 1.29 bits per heavy atom. The minimum atomic E-state index is -0.284. The minimum absolute atomic E-state index is 0.143. The highest BCUT2D eigenvalue weighted by molar-refractivity contribution is 6.30. The molecule has 0 aliphatic heterocycles. The molecule has 1 fully saturated rings. The lowest BCUT2D eigenvalue weighted by Gasteiger charge is -2.29. The van der Waals surface area contributed by atoms with Gasteiger partial charge in [-0.2, -0.15) is 5.26 Å². The van der Waals surface area contributed by atoms with Crippen LogP contribution in [0.15, 0.2) is 35.9 Å². The van der Waals surface area contributed by atoms with Crippen molar-refractivity contribution in [3.05, 3.63) is 57.9 Å². The average molecular weight is 396 g/mol. The van der Waals surface area contributed by atoms with E-state index in [0.717, 1.165) is 41.9 Å². The Kier molecular flexibility index (Phi) is 6.26. The molecule has 2 atom stereocenters. The zero-order chi connectivity index (χ0) is 20.3. The molecule has 1 aromatic carbocycles. The van der Waals surface area contributed by atoms with Gasteiger partial charge in [-0.1, -0.05) is 37.4 Å². The molecule has 1 saturated carbocycles. The third-order valence-corrected chi connectivity index (χ3v) is 5.86. The number of carbonyl (C=O) groups excluding carboxylic acids is 1. The smallest absolute Gasteiger partial charge is 0.262 e. The molecule has 1 aliphatic rings. The van der Waals surface area contributed by atoms with Gasteiger partial charge in [0.15, 0.2) is 0 Å². The number of nitrogens with one attached hydrogen (secondary N) is 1. The van der Waals surface area contributed by atoms with Crippen LogP contribution >= 0.6 is 11.6 Å². The molecular weight excluding hydrogens is 370 g/mol. The fraction of sp³-hybridized carbons (Fsp3) is 0.391. The molecule has 1 N–H and O–H groups in total. The van der Waals surface area contributed by atoms with Crippen LogP contribution in [0.2, 0.25) is 5.02 Å². The van der Waals surface area contributed by atoms with Crippen LogP contribution < -0.4 is 5.32 Å². The number of aryl methyl sites for hydroxylation is 1. The third-order valence-electron chi connectivity index (χ3n) is 5.63. The maximum Gasteiger partial charge on any atom is 0.262 e. The van der Waals surface area contributed by atoms with Crippen LogP contribution in [0.1, 0.15) is 49.6 Å². The Morgan fingerprint density at radius 3 is 2.71 bits per heavy atom. The molecule has 0 bridgehead atoms. The van der Waals surface area contributed by atoms with Crippen LogP contribution in [0.4, 0.5) is 0 Å². The normalized spacial score (nSPS) is 19.9. The van der Waals surface area contributed by atoms with Gasteiger partial charge in [0.1, 0.15) is 11.6 Å². The fourth-order valence-corrected chi connectivity index (χ4v) is 4.21. The zero-order valence-corrected chi connectivity index (χ0v) is 17.4. The van der Waals surface area contributed by atoms with Crippen LogP contribution in [-0.4, -0.2) is 16.5 Å². The van der Waals surface area contributed by atoms with E-state index in [4.69, 9.17) is 11.6 Å². The molecule has 1 aliphatic carbocycles. The topological polar surface area (TPSA) is 57.8 Å². The summed E-state index contributed by atoms with van der Waals surface area (Å²) in [6.45, 7) is 6.15. The lowest BCUT2D eigenvalue weighted by Crippen LogP contribution is -2.41. The van der Waals surface area contributed by atoms with E-state index in [1.807, 2.05) is 44.2 Å². The molecule has 1 aromatic heterocycles. The molecule has 1 heterocycles. The van der Waals surface area contributed by atoms with Crippen molar-refractivity contribution in [1.29, 1.82) is 5.26 Å². The molecule has 4 nitrogen and oxygen atoms in total. The number of rotatable bonds is 4.